The molecule has 0 saturated heterocycles. The van der Waals surface area contributed by atoms with Crippen molar-refractivity contribution in [2.24, 2.45) is 0 Å². The summed E-state index contributed by atoms with van der Waals surface area (Å²) >= 11 is 0. The zero-order chi connectivity index (χ0) is 15.3. The molecule has 0 fully saturated rings. The van der Waals surface area contributed by atoms with Crippen molar-refractivity contribution in [2.45, 2.75) is 24.7 Å². The third kappa shape index (κ3) is 3.98. The van der Waals surface area contributed by atoms with Crippen molar-refractivity contribution >= 4 is 10.1 Å². The average molecular weight is 306 g/mol. The van der Waals surface area contributed by atoms with E-state index in [-0.39, 0.29) is 10.6 Å². The van der Waals surface area contributed by atoms with Crippen LogP contribution in [0.4, 0.5) is 0 Å². The molecule has 0 N–H and O–H groups in total. The van der Waals surface area contributed by atoms with Gasteiger partial charge in [0, 0.05) is 0 Å². The fraction of sp³-hybridized carbons (Fsp3) is 0.250. The third-order valence-corrected chi connectivity index (χ3v) is 4.28. The van der Waals surface area contributed by atoms with Crippen LogP contribution in [0.1, 0.15) is 18.9 Å². The lowest BCUT2D eigenvalue weighted by Gasteiger charge is -2.08. The number of aryl methyl sites for hydroxylation is 1. The van der Waals surface area contributed by atoms with Gasteiger partial charge in [-0.05, 0) is 48.4 Å². The summed E-state index contributed by atoms with van der Waals surface area (Å²) < 4.78 is 34.5. The summed E-state index contributed by atoms with van der Waals surface area (Å²) in [6, 6.07) is 13.2. The molecule has 0 unspecified atom stereocenters. The largest absolute Gasteiger partial charge is 0.497 e. The summed E-state index contributed by atoms with van der Waals surface area (Å²) in [7, 11) is -2.26. The second kappa shape index (κ2) is 6.63. The van der Waals surface area contributed by atoms with Gasteiger partial charge in [0.1, 0.15) is 16.4 Å². The summed E-state index contributed by atoms with van der Waals surface area (Å²) in [5.74, 6) is 0.900. The van der Waals surface area contributed by atoms with Gasteiger partial charge in [-0.1, -0.05) is 25.5 Å². The fourth-order valence-electron chi connectivity index (χ4n) is 1.92. The molecular formula is C16H18O4S. The summed E-state index contributed by atoms with van der Waals surface area (Å²) in [5.41, 5.74) is 1.11. The van der Waals surface area contributed by atoms with Gasteiger partial charge >= 0.3 is 10.1 Å². The molecule has 0 radical (unpaired) electrons. The third-order valence-electron chi connectivity index (χ3n) is 3.02. The molecule has 0 aromatic heterocycles. The summed E-state index contributed by atoms with van der Waals surface area (Å²) in [6.07, 6.45) is 1.95. The maximum absolute atomic E-state index is 12.2. The van der Waals surface area contributed by atoms with Crippen LogP contribution in [0.15, 0.2) is 53.4 Å². The molecule has 5 heteroatoms. The monoisotopic (exact) mass is 306 g/mol. The van der Waals surface area contributed by atoms with Gasteiger partial charge < -0.3 is 8.92 Å². The molecule has 0 atom stereocenters. The normalized spacial score (nSPS) is 11.1. The minimum Gasteiger partial charge on any atom is -0.497 e. The highest BCUT2D eigenvalue weighted by Crippen LogP contribution is 2.22. The number of benzene rings is 2. The van der Waals surface area contributed by atoms with Crippen LogP contribution in [0.3, 0.4) is 0 Å². The first-order chi connectivity index (χ1) is 10.0. The molecule has 0 heterocycles. The van der Waals surface area contributed by atoms with Crippen LogP contribution in [0.25, 0.3) is 0 Å². The van der Waals surface area contributed by atoms with Crippen molar-refractivity contribution in [3.8, 4) is 11.5 Å². The van der Waals surface area contributed by atoms with E-state index in [0.717, 1.165) is 18.4 Å². The molecule has 0 saturated carbocycles. The predicted octanol–water partition coefficient (Wildman–Crippen LogP) is 3.42. The molecule has 2 rings (SSSR count). The van der Waals surface area contributed by atoms with E-state index in [1.165, 1.54) is 0 Å². The standard InChI is InChI=1S/C16H18O4S/c1-3-4-13-5-11-16(12-6-13)21(17,18)20-15-9-7-14(19-2)8-10-15/h5-12H,3-4H2,1-2H3. The lowest BCUT2D eigenvalue weighted by atomic mass is 10.1. The molecule has 0 amide bonds. The van der Waals surface area contributed by atoms with Crippen molar-refractivity contribution in [2.75, 3.05) is 7.11 Å². The van der Waals surface area contributed by atoms with Crippen LogP contribution in [0, 0.1) is 0 Å². The van der Waals surface area contributed by atoms with Gasteiger partial charge in [0.2, 0.25) is 0 Å². The predicted molar refractivity (Wildman–Crippen MR) is 81.2 cm³/mol. The number of hydrogen-bond donors (Lipinski definition) is 0. The highest BCUT2D eigenvalue weighted by Gasteiger charge is 2.16. The van der Waals surface area contributed by atoms with Gasteiger partial charge in [-0.3, -0.25) is 0 Å². The minimum atomic E-state index is -3.81. The average Bonchev–Trinajstić information content (AvgIpc) is 2.48. The molecular weight excluding hydrogens is 288 g/mol. The Kier molecular flexibility index (Phi) is 4.85. The Balaban J connectivity index is 2.16. The molecule has 0 aliphatic heterocycles. The van der Waals surface area contributed by atoms with Crippen LogP contribution in [-0.4, -0.2) is 15.5 Å². The van der Waals surface area contributed by atoms with E-state index < -0.39 is 10.1 Å². The van der Waals surface area contributed by atoms with E-state index in [1.54, 1.807) is 43.5 Å². The number of ether oxygens (including phenoxy) is 1. The van der Waals surface area contributed by atoms with E-state index in [2.05, 4.69) is 6.92 Å². The first kappa shape index (κ1) is 15.4. The molecule has 2 aromatic rings. The lowest BCUT2D eigenvalue weighted by molar-refractivity contribution is 0.413. The van der Waals surface area contributed by atoms with E-state index >= 15 is 0 Å². The first-order valence-corrected chi connectivity index (χ1v) is 8.13. The second-order valence-corrected chi connectivity index (χ2v) is 6.15. The molecule has 0 spiro atoms. The van der Waals surface area contributed by atoms with E-state index in [9.17, 15) is 8.42 Å². The summed E-state index contributed by atoms with van der Waals surface area (Å²) in [5, 5.41) is 0. The SMILES string of the molecule is CCCc1ccc(S(=O)(=O)Oc2ccc(OC)cc2)cc1. The van der Waals surface area contributed by atoms with Crippen molar-refractivity contribution in [3.05, 3.63) is 54.1 Å². The first-order valence-electron chi connectivity index (χ1n) is 6.72. The molecule has 2 aromatic carbocycles. The van der Waals surface area contributed by atoms with Gasteiger partial charge in [-0.2, -0.15) is 8.42 Å². The van der Waals surface area contributed by atoms with Crippen LogP contribution in [0.5, 0.6) is 11.5 Å². The molecule has 21 heavy (non-hydrogen) atoms. The summed E-state index contributed by atoms with van der Waals surface area (Å²) in [4.78, 5) is 0.151. The maximum atomic E-state index is 12.2. The Labute approximate surface area is 125 Å². The van der Waals surface area contributed by atoms with E-state index in [1.807, 2.05) is 12.1 Å². The minimum absolute atomic E-state index is 0.151. The van der Waals surface area contributed by atoms with Crippen molar-refractivity contribution < 1.29 is 17.3 Å². The molecule has 0 aliphatic rings. The van der Waals surface area contributed by atoms with Crippen LogP contribution in [-0.2, 0) is 16.5 Å². The summed E-state index contributed by atoms with van der Waals surface area (Å²) in [6.45, 7) is 2.08. The van der Waals surface area contributed by atoms with E-state index in [0.29, 0.717) is 5.75 Å². The van der Waals surface area contributed by atoms with Crippen LogP contribution >= 0.6 is 0 Å². The molecule has 0 bridgehead atoms. The number of methoxy groups -OCH3 is 1. The zero-order valence-corrected chi connectivity index (χ0v) is 12.9. The number of rotatable bonds is 6. The van der Waals surface area contributed by atoms with E-state index in [4.69, 9.17) is 8.92 Å². The van der Waals surface area contributed by atoms with Gasteiger partial charge in [-0.25, -0.2) is 0 Å². The Morgan fingerprint density at radius 3 is 2.00 bits per heavy atom. The zero-order valence-electron chi connectivity index (χ0n) is 12.1. The topological polar surface area (TPSA) is 52.6 Å². The van der Waals surface area contributed by atoms with Crippen molar-refractivity contribution in [1.29, 1.82) is 0 Å². The smallest absolute Gasteiger partial charge is 0.339 e. The van der Waals surface area contributed by atoms with Gasteiger partial charge in [0.25, 0.3) is 0 Å². The Morgan fingerprint density at radius 1 is 0.905 bits per heavy atom. The van der Waals surface area contributed by atoms with Gasteiger partial charge in [0.05, 0.1) is 7.11 Å². The highest BCUT2D eigenvalue weighted by atomic mass is 32.2. The maximum Gasteiger partial charge on any atom is 0.339 e. The van der Waals surface area contributed by atoms with Crippen molar-refractivity contribution in [3.63, 3.8) is 0 Å². The van der Waals surface area contributed by atoms with Crippen LogP contribution < -0.4 is 8.92 Å². The molecule has 0 aliphatic carbocycles. The van der Waals surface area contributed by atoms with Crippen LogP contribution in [0.2, 0.25) is 0 Å². The number of hydrogen-bond acceptors (Lipinski definition) is 4. The quantitative estimate of drug-likeness (QED) is 0.767. The Morgan fingerprint density at radius 2 is 1.48 bits per heavy atom. The second-order valence-electron chi connectivity index (χ2n) is 4.61. The lowest BCUT2D eigenvalue weighted by Crippen LogP contribution is -2.09. The Hall–Kier alpha value is -2.01. The molecule has 4 nitrogen and oxygen atoms in total. The van der Waals surface area contributed by atoms with Gasteiger partial charge in [0.15, 0.2) is 0 Å². The highest BCUT2D eigenvalue weighted by molar-refractivity contribution is 7.87. The molecule has 112 valence electrons. The Bertz CT molecular complexity index is 673. The van der Waals surface area contributed by atoms with Crippen molar-refractivity contribution in [1.82, 2.24) is 0 Å². The fourth-order valence-corrected chi connectivity index (χ4v) is 2.85. The van der Waals surface area contributed by atoms with Gasteiger partial charge in [-0.15, -0.1) is 0 Å².